The van der Waals surface area contributed by atoms with Gasteiger partial charge in [0.25, 0.3) is 0 Å². The Morgan fingerprint density at radius 3 is 2.64 bits per heavy atom. The summed E-state index contributed by atoms with van der Waals surface area (Å²) in [6.07, 6.45) is 1.58. The van der Waals surface area contributed by atoms with Crippen molar-refractivity contribution >= 4 is 27.5 Å². The minimum absolute atomic E-state index is 0.00459. The second-order valence-electron chi connectivity index (χ2n) is 4.54. The summed E-state index contributed by atoms with van der Waals surface area (Å²) in [4.78, 5) is 16.0. The Bertz CT molecular complexity index is 875. The molecule has 0 fully saturated rings. The van der Waals surface area contributed by atoms with Crippen LogP contribution in [0.3, 0.4) is 0 Å². The van der Waals surface area contributed by atoms with Gasteiger partial charge in [-0.2, -0.15) is 0 Å². The lowest BCUT2D eigenvalue weighted by atomic mass is 10.1. The Kier molecular flexibility index (Phi) is 3.58. The number of pyridine rings is 1. The SMILES string of the molecule is COc1cc2nc(-c3ccc(F)cc3)c(C(=O)O)n2cc1Br. The number of imidazole rings is 1. The molecule has 0 radical (unpaired) electrons. The van der Waals surface area contributed by atoms with Crippen LogP contribution in [0.1, 0.15) is 10.5 Å². The smallest absolute Gasteiger partial charge is 0.355 e. The molecule has 2 aromatic heterocycles. The van der Waals surface area contributed by atoms with E-state index in [1.165, 1.54) is 35.8 Å². The Balaban J connectivity index is 2.32. The number of methoxy groups -OCH3 is 1. The molecule has 0 aliphatic rings. The van der Waals surface area contributed by atoms with Gasteiger partial charge < -0.3 is 9.84 Å². The molecule has 2 heterocycles. The normalized spacial score (nSPS) is 10.9. The first-order valence-electron chi connectivity index (χ1n) is 6.26. The molecule has 112 valence electrons. The molecular formula is C15H10BrFN2O3. The molecule has 0 amide bonds. The maximum atomic E-state index is 13.1. The van der Waals surface area contributed by atoms with Crippen molar-refractivity contribution in [1.82, 2.24) is 9.38 Å². The lowest BCUT2D eigenvalue weighted by Gasteiger charge is -2.04. The average molecular weight is 365 g/mol. The number of benzene rings is 1. The van der Waals surface area contributed by atoms with Gasteiger partial charge in [0, 0.05) is 17.8 Å². The summed E-state index contributed by atoms with van der Waals surface area (Å²) in [6, 6.07) is 7.15. The van der Waals surface area contributed by atoms with Crippen LogP contribution in [0, 0.1) is 5.82 Å². The first-order valence-corrected chi connectivity index (χ1v) is 7.05. The number of carboxylic acid groups (broad SMARTS) is 1. The van der Waals surface area contributed by atoms with Gasteiger partial charge in [-0.3, -0.25) is 4.40 Å². The average Bonchev–Trinajstić information content (AvgIpc) is 2.85. The minimum atomic E-state index is -1.12. The van der Waals surface area contributed by atoms with Crippen LogP contribution >= 0.6 is 15.9 Å². The largest absolute Gasteiger partial charge is 0.495 e. The first kappa shape index (κ1) is 14.5. The van der Waals surface area contributed by atoms with E-state index in [-0.39, 0.29) is 11.4 Å². The van der Waals surface area contributed by atoms with Crippen molar-refractivity contribution in [2.75, 3.05) is 7.11 Å². The molecule has 3 rings (SSSR count). The van der Waals surface area contributed by atoms with Crippen LogP contribution in [0.15, 0.2) is 41.0 Å². The van der Waals surface area contributed by atoms with Gasteiger partial charge in [0.1, 0.15) is 22.9 Å². The molecule has 0 spiro atoms. The maximum Gasteiger partial charge on any atom is 0.355 e. The summed E-state index contributed by atoms with van der Waals surface area (Å²) in [5.41, 5.74) is 1.23. The fourth-order valence-electron chi connectivity index (χ4n) is 2.22. The van der Waals surface area contributed by atoms with Crippen LogP contribution in [0.2, 0.25) is 0 Å². The fraction of sp³-hybridized carbons (Fsp3) is 0.0667. The Labute approximate surface area is 133 Å². The number of fused-ring (bicyclic) bond motifs is 1. The molecule has 0 atom stereocenters. The molecule has 7 heteroatoms. The van der Waals surface area contributed by atoms with Gasteiger partial charge >= 0.3 is 5.97 Å². The summed E-state index contributed by atoms with van der Waals surface area (Å²) in [7, 11) is 1.51. The van der Waals surface area contributed by atoms with Gasteiger partial charge in [-0.15, -0.1) is 0 Å². The van der Waals surface area contributed by atoms with Crippen LogP contribution in [0.5, 0.6) is 5.75 Å². The Morgan fingerprint density at radius 2 is 2.05 bits per heavy atom. The number of hydrogen-bond donors (Lipinski definition) is 1. The third-order valence-corrected chi connectivity index (χ3v) is 3.81. The van der Waals surface area contributed by atoms with Crippen molar-refractivity contribution in [1.29, 1.82) is 0 Å². The molecule has 0 saturated heterocycles. The van der Waals surface area contributed by atoms with Gasteiger partial charge in [0.15, 0.2) is 5.69 Å². The summed E-state index contributed by atoms with van der Waals surface area (Å²) in [5, 5.41) is 9.50. The number of aromatic nitrogens is 2. The summed E-state index contributed by atoms with van der Waals surface area (Å²) in [5.74, 6) is -0.974. The number of rotatable bonds is 3. The highest BCUT2D eigenvalue weighted by Crippen LogP contribution is 2.30. The highest BCUT2D eigenvalue weighted by Gasteiger charge is 2.21. The molecule has 0 aliphatic carbocycles. The van der Waals surface area contributed by atoms with Crippen molar-refractivity contribution in [2.45, 2.75) is 0 Å². The summed E-state index contributed by atoms with van der Waals surface area (Å²) in [6.45, 7) is 0. The van der Waals surface area contributed by atoms with Crippen LogP contribution in [0.25, 0.3) is 16.9 Å². The fourth-order valence-corrected chi connectivity index (χ4v) is 2.70. The third-order valence-electron chi connectivity index (χ3n) is 3.22. The molecule has 1 N–H and O–H groups in total. The Hall–Kier alpha value is -2.41. The number of nitrogens with zero attached hydrogens (tertiary/aromatic N) is 2. The van der Waals surface area contributed by atoms with E-state index in [0.29, 0.717) is 21.4 Å². The number of ether oxygens (including phenoxy) is 1. The van der Waals surface area contributed by atoms with Crippen molar-refractivity contribution in [3.63, 3.8) is 0 Å². The van der Waals surface area contributed by atoms with Crippen molar-refractivity contribution in [3.05, 3.63) is 52.5 Å². The van der Waals surface area contributed by atoms with Gasteiger partial charge in [0.2, 0.25) is 0 Å². The molecule has 22 heavy (non-hydrogen) atoms. The van der Waals surface area contributed by atoms with Crippen LogP contribution in [-0.2, 0) is 0 Å². The molecule has 3 aromatic rings. The number of aromatic carboxylic acids is 1. The quantitative estimate of drug-likeness (QED) is 0.770. The van der Waals surface area contributed by atoms with E-state index in [2.05, 4.69) is 20.9 Å². The lowest BCUT2D eigenvalue weighted by Crippen LogP contribution is -2.04. The van der Waals surface area contributed by atoms with Crippen LogP contribution < -0.4 is 4.74 Å². The molecule has 0 aliphatic heterocycles. The molecule has 0 unspecified atom stereocenters. The summed E-state index contributed by atoms with van der Waals surface area (Å²) >= 11 is 3.32. The van der Waals surface area contributed by atoms with Crippen molar-refractivity contribution in [2.24, 2.45) is 0 Å². The standard InChI is InChI=1S/C15H10BrFN2O3/c1-22-11-6-12-18-13(8-2-4-9(17)5-3-8)14(15(20)21)19(12)7-10(11)16/h2-7H,1H3,(H,20,21). The molecule has 5 nitrogen and oxygen atoms in total. The second kappa shape index (κ2) is 5.42. The van der Waals surface area contributed by atoms with Gasteiger partial charge in [-0.05, 0) is 40.2 Å². The van der Waals surface area contributed by atoms with E-state index in [1.807, 2.05) is 0 Å². The highest BCUT2D eigenvalue weighted by atomic mass is 79.9. The monoisotopic (exact) mass is 364 g/mol. The maximum absolute atomic E-state index is 13.1. The summed E-state index contributed by atoms with van der Waals surface area (Å²) < 4.78 is 20.3. The highest BCUT2D eigenvalue weighted by molar-refractivity contribution is 9.10. The molecule has 1 aromatic carbocycles. The van der Waals surface area contributed by atoms with Gasteiger partial charge in [0.05, 0.1) is 11.6 Å². The van der Waals surface area contributed by atoms with E-state index in [1.54, 1.807) is 12.3 Å². The van der Waals surface area contributed by atoms with Crippen molar-refractivity contribution < 1.29 is 19.0 Å². The van der Waals surface area contributed by atoms with Gasteiger partial charge in [-0.1, -0.05) is 0 Å². The van der Waals surface area contributed by atoms with E-state index < -0.39 is 11.8 Å². The third kappa shape index (κ3) is 2.33. The zero-order valence-corrected chi connectivity index (χ0v) is 13.0. The number of carbonyl (C=O) groups is 1. The number of hydrogen-bond acceptors (Lipinski definition) is 3. The van der Waals surface area contributed by atoms with Crippen LogP contribution in [-0.4, -0.2) is 27.6 Å². The second-order valence-corrected chi connectivity index (χ2v) is 5.39. The van der Waals surface area contributed by atoms with E-state index in [9.17, 15) is 14.3 Å². The number of halogens is 2. The first-order chi connectivity index (χ1) is 10.5. The number of carboxylic acids is 1. The topological polar surface area (TPSA) is 63.8 Å². The minimum Gasteiger partial charge on any atom is -0.495 e. The van der Waals surface area contributed by atoms with Crippen LogP contribution in [0.4, 0.5) is 4.39 Å². The predicted molar refractivity (Wildman–Crippen MR) is 81.8 cm³/mol. The molecule has 0 saturated carbocycles. The van der Waals surface area contributed by atoms with E-state index in [4.69, 9.17) is 4.74 Å². The molecular weight excluding hydrogens is 355 g/mol. The van der Waals surface area contributed by atoms with E-state index >= 15 is 0 Å². The van der Waals surface area contributed by atoms with E-state index in [0.717, 1.165) is 0 Å². The molecule has 0 bridgehead atoms. The Morgan fingerprint density at radius 1 is 1.36 bits per heavy atom. The zero-order valence-electron chi connectivity index (χ0n) is 11.4. The lowest BCUT2D eigenvalue weighted by molar-refractivity contribution is 0.0690. The van der Waals surface area contributed by atoms with Gasteiger partial charge in [-0.25, -0.2) is 14.2 Å². The zero-order chi connectivity index (χ0) is 15.9. The van der Waals surface area contributed by atoms with Crippen molar-refractivity contribution in [3.8, 4) is 17.0 Å². The predicted octanol–water partition coefficient (Wildman–Crippen LogP) is 3.61.